The van der Waals surface area contributed by atoms with Gasteiger partial charge in [0.05, 0.1) is 18.7 Å². The Kier molecular flexibility index (Phi) is 9.53. The standard InChI is InChI=1S/C31H40N2O4/c1-22-6-5-8-23(18-22)7-3-4-16-33-17-14-24(25(21-33)19-31(35)36)9-12-30(34)27-13-15-32-29-11-10-26(37-2)20-28(27)29/h5-6,8,10-11,13,15,18,20,24-25,30,34H,3-4,7,9,12,14,16-17,19,21H2,1-2H3,(H,35,36)/t24-,25+,30-/m1/s1. The number of aliphatic carboxylic acids is 1. The molecule has 3 aromatic rings. The Hall–Kier alpha value is -2.96. The van der Waals surface area contributed by atoms with Crippen LogP contribution in [0.3, 0.4) is 0 Å². The number of aliphatic hydroxyl groups excluding tert-OH is 1. The maximum absolute atomic E-state index is 11.6. The zero-order valence-corrected chi connectivity index (χ0v) is 22.1. The lowest BCUT2D eigenvalue weighted by Gasteiger charge is -2.38. The lowest BCUT2D eigenvalue weighted by Crippen LogP contribution is -2.41. The van der Waals surface area contributed by atoms with Crippen LogP contribution in [0, 0.1) is 18.8 Å². The Labute approximate surface area is 220 Å². The van der Waals surface area contributed by atoms with Crippen molar-refractivity contribution in [2.75, 3.05) is 26.7 Å². The molecule has 3 atom stereocenters. The number of likely N-dealkylation sites (tertiary alicyclic amines) is 1. The number of rotatable bonds is 12. The largest absolute Gasteiger partial charge is 0.497 e. The second-order valence-electron chi connectivity index (χ2n) is 10.5. The number of hydrogen-bond acceptors (Lipinski definition) is 5. The van der Waals surface area contributed by atoms with E-state index in [9.17, 15) is 15.0 Å². The van der Waals surface area contributed by atoms with Crippen LogP contribution < -0.4 is 4.74 Å². The minimum absolute atomic E-state index is 0.115. The van der Waals surface area contributed by atoms with Crippen molar-refractivity contribution in [3.8, 4) is 5.75 Å². The van der Waals surface area contributed by atoms with Crippen LogP contribution in [-0.4, -0.2) is 52.8 Å². The molecule has 2 heterocycles. The smallest absolute Gasteiger partial charge is 0.303 e. The summed E-state index contributed by atoms with van der Waals surface area (Å²) in [6.45, 7) is 4.97. The summed E-state index contributed by atoms with van der Waals surface area (Å²) in [5.74, 6) is 0.423. The number of hydrogen-bond donors (Lipinski definition) is 2. The summed E-state index contributed by atoms with van der Waals surface area (Å²) >= 11 is 0. The number of piperidine rings is 1. The van der Waals surface area contributed by atoms with Gasteiger partial charge in [0.2, 0.25) is 0 Å². The number of unbranched alkanes of at least 4 members (excludes halogenated alkanes) is 1. The van der Waals surface area contributed by atoms with Crippen LogP contribution in [0.1, 0.15) is 61.3 Å². The van der Waals surface area contributed by atoms with E-state index in [1.165, 1.54) is 11.1 Å². The molecule has 37 heavy (non-hydrogen) atoms. The highest BCUT2D eigenvalue weighted by Gasteiger charge is 2.31. The highest BCUT2D eigenvalue weighted by Crippen LogP contribution is 2.35. The number of carboxylic acids is 1. The topological polar surface area (TPSA) is 82.9 Å². The first kappa shape index (κ1) is 27.1. The third-order valence-corrected chi connectivity index (χ3v) is 7.84. The number of aliphatic hydroxyl groups is 1. The number of carbonyl (C=O) groups is 1. The molecule has 6 nitrogen and oxygen atoms in total. The number of pyridine rings is 1. The van der Waals surface area contributed by atoms with Crippen LogP contribution in [0.15, 0.2) is 54.7 Å². The number of nitrogens with zero attached hydrogens (tertiary/aromatic N) is 2. The Morgan fingerprint density at radius 1 is 1.16 bits per heavy atom. The van der Waals surface area contributed by atoms with Crippen molar-refractivity contribution in [2.45, 2.75) is 58.0 Å². The van der Waals surface area contributed by atoms with E-state index in [4.69, 9.17) is 4.74 Å². The summed E-state index contributed by atoms with van der Waals surface area (Å²) in [5, 5.41) is 21.6. The third kappa shape index (κ3) is 7.53. The minimum atomic E-state index is -0.732. The molecule has 1 aliphatic rings. The van der Waals surface area contributed by atoms with Crippen LogP contribution in [-0.2, 0) is 11.2 Å². The van der Waals surface area contributed by atoms with Gasteiger partial charge in [-0.2, -0.15) is 0 Å². The molecule has 2 aromatic carbocycles. The van der Waals surface area contributed by atoms with Crippen molar-refractivity contribution in [1.82, 2.24) is 9.88 Å². The number of methoxy groups -OCH3 is 1. The van der Waals surface area contributed by atoms with Crippen molar-refractivity contribution in [1.29, 1.82) is 0 Å². The Morgan fingerprint density at radius 3 is 2.81 bits per heavy atom. The number of aromatic nitrogens is 1. The number of benzene rings is 2. The van der Waals surface area contributed by atoms with Gasteiger partial charge in [-0.3, -0.25) is 9.78 Å². The quantitative estimate of drug-likeness (QED) is 0.303. The fourth-order valence-corrected chi connectivity index (χ4v) is 5.82. The third-order valence-electron chi connectivity index (χ3n) is 7.84. The molecule has 0 radical (unpaired) electrons. The van der Waals surface area contributed by atoms with E-state index in [-0.39, 0.29) is 12.3 Å². The van der Waals surface area contributed by atoms with Gasteiger partial charge in [-0.25, -0.2) is 0 Å². The summed E-state index contributed by atoms with van der Waals surface area (Å²) in [6, 6.07) is 16.3. The molecule has 0 bridgehead atoms. The number of aryl methyl sites for hydroxylation is 2. The highest BCUT2D eigenvalue weighted by molar-refractivity contribution is 5.83. The molecule has 0 amide bonds. The van der Waals surface area contributed by atoms with E-state index >= 15 is 0 Å². The first-order valence-corrected chi connectivity index (χ1v) is 13.5. The van der Waals surface area contributed by atoms with Gasteiger partial charge in [-0.05, 0) is 106 Å². The van der Waals surface area contributed by atoms with Gasteiger partial charge in [-0.1, -0.05) is 29.8 Å². The van der Waals surface area contributed by atoms with Crippen molar-refractivity contribution in [2.24, 2.45) is 11.8 Å². The lowest BCUT2D eigenvalue weighted by atomic mass is 9.79. The summed E-state index contributed by atoms with van der Waals surface area (Å²) in [4.78, 5) is 18.5. The van der Waals surface area contributed by atoms with Crippen molar-refractivity contribution >= 4 is 16.9 Å². The molecular weight excluding hydrogens is 464 g/mol. The average molecular weight is 505 g/mol. The van der Waals surface area contributed by atoms with E-state index in [0.29, 0.717) is 12.3 Å². The first-order valence-electron chi connectivity index (χ1n) is 13.5. The summed E-state index contributed by atoms with van der Waals surface area (Å²) in [6.07, 6.45) is 7.05. The summed E-state index contributed by atoms with van der Waals surface area (Å²) in [5.41, 5.74) is 4.38. The Morgan fingerprint density at radius 2 is 2.03 bits per heavy atom. The number of carboxylic acid groups (broad SMARTS) is 1. The van der Waals surface area contributed by atoms with Gasteiger partial charge >= 0.3 is 5.97 Å². The first-order chi connectivity index (χ1) is 17.9. The highest BCUT2D eigenvalue weighted by atomic mass is 16.5. The number of fused-ring (bicyclic) bond motifs is 1. The normalized spacial score (nSPS) is 19.1. The second kappa shape index (κ2) is 13.0. The van der Waals surface area contributed by atoms with E-state index < -0.39 is 12.1 Å². The molecule has 4 rings (SSSR count). The molecule has 6 heteroatoms. The maximum atomic E-state index is 11.6. The van der Waals surface area contributed by atoms with E-state index in [0.717, 1.165) is 74.0 Å². The van der Waals surface area contributed by atoms with Crippen LogP contribution in [0.25, 0.3) is 10.9 Å². The summed E-state index contributed by atoms with van der Waals surface area (Å²) < 4.78 is 5.37. The van der Waals surface area contributed by atoms with Gasteiger partial charge in [-0.15, -0.1) is 0 Å². The number of ether oxygens (including phenoxy) is 1. The molecule has 1 aliphatic heterocycles. The zero-order valence-electron chi connectivity index (χ0n) is 22.1. The average Bonchev–Trinajstić information content (AvgIpc) is 2.89. The van der Waals surface area contributed by atoms with E-state index in [2.05, 4.69) is 41.1 Å². The Bertz CT molecular complexity index is 1180. The van der Waals surface area contributed by atoms with Crippen LogP contribution in [0.5, 0.6) is 5.75 Å². The minimum Gasteiger partial charge on any atom is -0.497 e. The molecule has 0 aliphatic carbocycles. The van der Waals surface area contributed by atoms with E-state index in [1.54, 1.807) is 13.3 Å². The molecule has 2 N–H and O–H groups in total. The molecule has 198 valence electrons. The zero-order chi connectivity index (χ0) is 26.2. The van der Waals surface area contributed by atoms with Gasteiger partial charge in [0.1, 0.15) is 5.75 Å². The van der Waals surface area contributed by atoms with Gasteiger partial charge in [0, 0.05) is 24.5 Å². The predicted molar refractivity (Wildman–Crippen MR) is 147 cm³/mol. The molecule has 1 fully saturated rings. The van der Waals surface area contributed by atoms with Gasteiger partial charge in [0.25, 0.3) is 0 Å². The van der Waals surface area contributed by atoms with Crippen LogP contribution in [0.4, 0.5) is 0 Å². The van der Waals surface area contributed by atoms with E-state index in [1.807, 2.05) is 24.3 Å². The fourth-order valence-electron chi connectivity index (χ4n) is 5.82. The van der Waals surface area contributed by atoms with Gasteiger partial charge < -0.3 is 19.8 Å². The summed E-state index contributed by atoms with van der Waals surface area (Å²) in [7, 11) is 1.63. The monoisotopic (exact) mass is 504 g/mol. The van der Waals surface area contributed by atoms with Crippen LogP contribution >= 0.6 is 0 Å². The van der Waals surface area contributed by atoms with Crippen molar-refractivity contribution < 1.29 is 19.7 Å². The maximum Gasteiger partial charge on any atom is 0.303 e. The molecular formula is C31H40N2O4. The fraction of sp³-hybridized carbons (Fsp3) is 0.484. The van der Waals surface area contributed by atoms with Gasteiger partial charge in [0.15, 0.2) is 0 Å². The molecule has 0 unspecified atom stereocenters. The van der Waals surface area contributed by atoms with Crippen LogP contribution in [0.2, 0.25) is 0 Å². The second-order valence-corrected chi connectivity index (χ2v) is 10.5. The Balaban J connectivity index is 1.31. The van der Waals surface area contributed by atoms with Crippen molar-refractivity contribution in [3.05, 3.63) is 71.4 Å². The molecule has 1 aromatic heterocycles. The molecule has 0 saturated carbocycles. The predicted octanol–water partition coefficient (Wildman–Crippen LogP) is 5.80. The molecule has 1 saturated heterocycles. The lowest BCUT2D eigenvalue weighted by molar-refractivity contribution is -0.139. The molecule has 0 spiro atoms. The van der Waals surface area contributed by atoms with Crippen molar-refractivity contribution in [3.63, 3.8) is 0 Å². The SMILES string of the molecule is COc1ccc2nccc([C@H](O)CC[C@@H]3CCN(CCCCc4cccc(C)c4)C[C@@H]3CC(=O)O)c2c1.